The van der Waals surface area contributed by atoms with E-state index in [0.29, 0.717) is 11.1 Å². The molecule has 0 aliphatic carbocycles. The maximum atomic E-state index is 14.4. The van der Waals surface area contributed by atoms with Crippen molar-refractivity contribution in [3.8, 4) is 0 Å². The van der Waals surface area contributed by atoms with Crippen LogP contribution in [0, 0.1) is 6.92 Å². The topological polar surface area (TPSA) is 61.8 Å². The molecule has 0 spiro atoms. The summed E-state index contributed by atoms with van der Waals surface area (Å²) < 4.78 is 30.4. The van der Waals surface area contributed by atoms with Gasteiger partial charge in [0.2, 0.25) is 0 Å². The highest BCUT2D eigenvalue weighted by molar-refractivity contribution is 9.09. The van der Waals surface area contributed by atoms with Crippen LogP contribution in [0.1, 0.15) is 26.3 Å². The molecule has 0 amide bonds. The summed E-state index contributed by atoms with van der Waals surface area (Å²) in [4.78, 5) is 24.5. The van der Waals surface area contributed by atoms with Gasteiger partial charge in [0.25, 0.3) is 0 Å². The van der Waals surface area contributed by atoms with Crippen LogP contribution in [-0.4, -0.2) is 41.9 Å². The molecule has 0 aromatic heterocycles. The quantitative estimate of drug-likeness (QED) is 0.526. The van der Waals surface area contributed by atoms with Crippen molar-refractivity contribution in [2.24, 2.45) is 0 Å². The minimum atomic E-state index is -1.58. The van der Waals surface area contributed by atoms with E-state index in [1.54, 1.807) is 55.5 Å². The van der Waals surface area contributed by atoms with Gasteiger partial charge in [0.1, 0.15) is 17.7 Å². The zero-order valence-corrected chi connectivity index (χ0v) is 16.1. The third-order valence-electron chi connectivity index (χ3n) is 4.23. The molecule has 142 valence electrons. The van der Waals surface area contributed by atoms with Gasteiger partial charge in [-0.25, -0.2) is 14.0 Å². The summed E-state index contributed by atoms with van der Waals surface area (Å²) in [5.74, 6) is -1.21. The monoisotopic (exact) mass is 436 g/mol. The summed E-state index contributed by atoms with van der Waals surface area (Å²) >= 11 is 3.07. The fraction of sp³-hybridized carbons (Fsp3) is 0.300. The van der Waals surface area contributed by atoms with E-state index in [1.807, 2.05) is 6.07 Å². The molecular weight excluding hydrogens is 419 g/mol. The second kappa shape index (κ2) is 8.63. The first-order valence-corrected chi connectivity index (χ1v) is 9.31. The first-order valence-electron chi connectivity index (χ1n) is 8.39. The smallest absolute Gasteiger partial charge is 0.338 e. The van der Waals surface area contributed by atoms with Gasteiger partial charge in [0, 0.05) is 0 Å². The van der Waals surface area contributed by atoms with Crippen LogP contribution in [0.4, 0.5) is 4.39 Å². The van der Waals surface area contributed by atoms with E-state index in [9.17, 15) is 14.0 Å². The Hall–Kier alpha value is -2.25. The van der Waals surface area contributed by atoms with Gasteiger partial charge in [0.15, 0.2) is 12.3 Å². The van der Waals surface area contributed by atoms with Gasteiger partial charge in [-0.3, -0.25) is 0 Å². The second-order valence-electron chi connectivity index (χ2n) is 6.12. The molecule has 4 atom stereocenters. The number of hydrogen-bond donors (Lipinski definition) is 0. The van der Waals surface area contributed by atoms with Crippen LogP contribution in [0.5, 0.6) is 0 Å². The number of carbonyl (C=O) groups is 2. The number of rotatable bonds is 5. The fourth-order valence-corrected chi connectivity index (χ4v) is 3.33. The van der Waals surface area contributed by atoms with Crippen molar-refractivity contribution in [1.82, 2.24) is 0 Å². The van der Waals surface area contributed by atoms with Gasteiger partial charge in [-0.2, -0.15) is 0 Å². The van der Waals surface area contributed by atoms with Gasteiger partial charge in [-0.15, -0.1) is 0 Å². The summed E-state index contributed by atoms with van der Waals surface area (Å²) in [5.41, 5.74) is 1.49. The fourth-order valence-electron chi connectivity index (χ4n) is 2.75. The number of esters is 2. The summed E-state index contributed by atoms with van der Waals surface area (Å²) in [7, 11) is 0. The molecule has 1 saturated heterocycles. The molecule has 2 aromatic carbocycles. The number of carbonyl (C=O) groups excluding carboxylic acids is 2. The van der Waals surface area contributed by atoms with Gasteiger partial charge in [0.05, 0.1) is 11.1 Å². The van der Waals surface area contributed by atoms with Crippen LogP contribution < -0.4 is 0 Å². The van der Waals surface area contributed by atoms with E-state index in [4.69, 9.17) is 14.2 Å². The third kappa shape index (κ3) is 4.54. The average Bonchev–Trinajstić information content (AvgIpc) is 2.94. The van der Waals surface area contributed by atoms with Gasteiger partial charge >= 0.3 is 11.9 Å². The van der Waals surface area contributed by atoms with E-state index in [1.165, 1.54) is 0 Å². The van der Waals surface area contributed by atoms with Gasteiger partial charge < -0.3 is 14.2 Å². The minimum absolute atomic E-state index is 0.234. The summed E-state index contributed by atoms with van der Waals surface area (Å²) in [6, 6.07) is 15.3. The predicted octanol–water partition coefficient (Wildman–Crippen LogP) is 3.84. The maximum Gasteiger partial charge on any atom is 0.338 e. The number of ether oxygens (including phenoxy) is 3. The maximum absolute atomic E-state index is 14.4. The summed E-state index contributed by atoms with van der Waals surface area (Å²) in [6.45, 7) is 1.56. The highest BCUT2D eigenvalue weighted by atomic mass is 79.9. The van der Waals surface area contributed by atoms with E-state index in [0.717, 1.165) is 5.56 Å². The lowest BCUT2D eigenvalue weighted by atomic mass is 10.1. The lowest BCUT2D eigenvalue weighted by Crippen LogP contribution is -2.37. The average molecular weight is 437 g/mol. The zero-order valence-electron chi connectivity index (χ0n) is 14.5. The third-order valence-corrected chi connectivity index (χ3v) is 4.95. The highest BCUT2D eigenvalue weighted by Gasteiger charge is 2.47. The molecule has 2 aromatic rings. The molecular formula is C20H18BrFO5. The Morgan fingerprint density at radius 1 is 1.07 bits per heavy atom. The first kappa shape index (κ1) is 19.5. The van der Waals surface area contributed by atoms with Crippen molar-refractivity contribution < 1.29 is 28.2 Å². The first-order chi connectivity index (χ1) is 13.0. The number of hydrogen-bond acceptors (Lipinski definition) is 5. The molecule has 3 rings (SSSR count). The molecule has 1 aliphatic heterocycles. The standard InChI is InChI=1S/C20H18BrFO5/c1-12-7-5-6-10-14(12)20(24)25-11-15-17(16(22)18(21)26-15)27-19(23)13-8-3-2-4-9-13/h2-10,15-18H,11H2,1H3/t15-,16+,17-,18+/m1/s1. The van der Waals surface area contributed by atoms with Crippen molar-refractivity contribution in [3.05, 3.63) is 71.3 Å². The van der Waals surface area contributed by atoms with Crippen LogP contribution >= 0.6 is 15.9 Å². The van der Waals surface area contributed by atoms with Crippen LogP contribution in [0.25, 0.3) is 0 Å². The van der Waals surface area contributed by atoms with Crippen LogP contribution in [0.3, 0.4) is 0 Å². The Morgan fingerprint density at radius 2 is 1.74 bits per heavy atom. The molecule has 0 bridgehead atoms. The van der Waals surface area contributed by atoms with E-state index < -0.39 is 35.3 Å². The number of benzene rings is 2. The Kier molecular flexibility index (Phi) is 6.23. The molecule has 7 heteroatoms. The molecule has 1 heterocycles. The van der Waals surface area contributed by atoms with E-state index >= 15 is 0 Å². The lowest BCUT2D eigenvalue weighted by Gasteiger charge is -2.20. The molecule has 0 N–H and O–H groups in total. The number of alkyl halides is 2. The van der Waals surface area contributed by atoms with Gasteiger partial charge in [-0.1, -0.05) is 52.3 Å². The predicted molar refractivity (Wildman–Crippen MR) is 99.6 cm³/mol. The molecule has 1 aliphatic rings. The van der Waals surface area contributed by atoms with Crippen molar-refractivity contribution in [2.45, 2.75) is 30.3 Å². The SMILES string of the molecule is Cc1ccccc1C(=O)OC[C@H]1O[C@H](Br)[C@@H](F)[C@@H]1OC(=O)c1ccccc1. The Morgan fingerprint density at radius 3 is 2.44 bits per heavy atom. The molecule has 1 fully saturated rings. The van der Waals surface area contributed by atoms with Crippen LogP contribution in [-0.2, 0) is 14.2 Å². The molecule has 27 heavy (non-hydrogen) atoms. The van der Waals surface area contributed by atoms with Crippen molar-refractivity contribution in [3.63, 3.8) is 0 Å². The van der Waals surface area contributed by atoms with Crippen LogP contribution in [0.2, 0.25) is 0 Å². The van der Waals surface area contributed by atoms with Gasteiger partial charge in [-0.05, 0) is 30.7 Å². The largest absolute Gasteiger partial charge is 0.459 e. The molecule has 0 unspecified atom stereocenters. The lowest BCUT2D eigenvalue weighted by molar-refractivity contribution is -0.0342. The summed E-state index contributed by atoms with van der Waals surface area (Å²) in [5, 5.41) is -0.951. The van der Waals surface area contributed by atoms with E-state index in [-0.39, 0.29) is 6.61 Å². The highest BCUT2D eigenvalue weighted by Crippen LogP contribution is 2.31. The zero-order chi connectivity index (χ0) is 19.4. The van der Waals surface area contributed by atoms with Crippen molar-refractivity contribution >= 4 is 27.9 Å². The van der Waals surface area contributed by atoms with Crippen LogP contribution in [0.15, 0.2) is 54.6 Å². The normalized spacial score (nSPS) is 24.4. The Balaban J connectivity index is 1.65. The molecule has 5 nitrogen and oxygen atoms in total. The number of aryl methyl sites for hydroxylation is 1. The van der Waals surface area contributed by atoms with E-state index in [2.05, 4.69) is 15.9 Å². The molecule has 0 radical (unpaired) electrons. The minimum Gasteiger partial charge on any atom is -0.459 e. The summed E-state index contributed by atoms with van der Waals surface area (Å²) in [6.07, 6.45) is -3.68. The van der Waals surface area contributed by atoms with Crippen molar-refractivity contribution in [2.75, 3.05) is 6.61 Å². The molecule has 0 saturated carbocycles. The second-order valence-corrected chi connectivity index (χ2v) is 7.02. The van der Waals surface area contributed by atoms with Crippen molar-refractivity contribution in [1.29, 1.82) is 0 Å². The number of halogens is 2. The Labute approximate surface area is 164 Å². The Bertz CT molecular complexity index is 813.